The fraction of sp³-hybridized carbons (Fsp3) is 1.00. The van der Waals surface area contributed by atoms with E-state index in [1.165, 1.54) is 19.3 Å². The number of hydrogen-bond donors (Lipinski definition) is 2. The second kappa shape index (κ2) is 2.46. The van der Waals surface area contributed by atoms with Crippen LogP contribution in [0.25, 0.3) is 0 Å². The van der Waals surface area contributed by atoms with Crippen molar-refractivity contribution in [1.82, 2.24) is 0 Å². The van der Waals surface area contributed by atoms with Crippen LogP contribution in [0.15, 0.2) is 0 Å². The summed E-state index contributed by atoms with van der Waals surface area (Å²) in [7, 11) is 0. The third kappa shape index (κ3) is 1.01. The largest absolute Gasteiger partial charge is 0.330 e. The Morgan fingerprint density at radius 2 is 2.12 bits per heavy atom. The molecule has 0 spiro atoms. The lowest BCUT2D eigenvalue weighted by Crippen LogP contribution is -2.29. The molecule has 0 bridgehead atoms. The van der Waals surface area contributed by atoms with E-state index in [0.717, 1.165) is 6.54 Å². The fourth-order valence-electron chi connectivity index (χ4n) is 1.36. The molecule has 1 saturated carbocycles. The molecule has 0 aromatic heterocycles. The Labute approximate surface area is 50.2 Å². The average Bonchev–Trinajstić information content (AvgIpc) is 2.14. The Kier molecular flexibility index (Phi) is 1.86. The molecule has 48 valence electrons. The van der Waals surface area contributed by atoms with Gasteiger partial charge in [0.25, 0.3) is 0 Å². The van der Waals surface area contributed by atoms with Crippen LogP contribution in [0.3, 0.4) is 0 Å². The SMILES string of the molecule is NC[C@@H]1CCC[C@@H]1N. The summed E-state index contributed by atoms with van der Waals surface area (Å²) >= 11 is 0. The van der Waals surface area contributed by atoms with Gasteiger partial charge in [-0.25, -0.2) is 0 Å². The Morgan fingerprint density at radius 3 is 2.38 bits per heavy atom. The molecule has 1 aliphatic carbocycles. The Morgan fingerprint density at radius 1 is 1.38 bits per heavy atom. The summed E-state index contributed by atoms with van der Waals surface area (Å²) in [5, 5.41) is 0. The highest BCUT2D eigenvalue weighted by Gasteiger charge is 2.21. The summed E-state index contributed by atoms with van der Waals surface area (Å²) < 4.78 is 0. The lowest BCUT2D eigenvalue weighted by Gasteiger charge is -2.10. The molecule has 0 aromatic carbocycles. The van der Waals surface area contributed by atoms with E-state index >= 15 is 0 Å². The van der Waals surface area contributed by atoms with Crippen molar-refractivity contribution in [3.8, 4) is 0 Å². The van der Waals surface area contributed by atoms with E-state index in [2.05, 4.69) is 0 Å². The van der Waals surface area contributed by atoms with Crippen molar-refractivity contribution in [2.45, 2.75) is 25.3 Å². The van der Waals surface area contributed by atoms with Gasteiger partial charge in [-0.3, -0.25) is 0 Å². The zero-order valence-electron chi connectivity index (χ0n) is 5.14. The molecule has 0 radical (unpaired) electrons. The van der Waals surface area contributed by atoms with Crippen molar-refractivity contribution < 1.29 is 0 Å². The molecule has 0 saturated heterocycles. The maximum atomic E-state index is 5.71. The lowest BCUT2D eigenvalue weighted by molar-refractivity contribution is 0.492. The van der Waals surface area contributed by atoms with Gasteiger partial charge in [-0.1, -0.05) is 6.42 Å². The molecule has 2 heteroatoms. The van der Waals surface area contributed by atoms with E-state index in [1.807, 2.05) is 0 Å². The molecule has 4 N–H and O–H groups in total. The van der Waals surface area contributed by atoms with Gasteiger partial charge >= 0.3 is 0 Å². The van der Waals surface area contributed by atoms with Crippen molar-refractivity contribution in [2.24, 2.45) is 17.4 Å². The highest BCUT2D eigenvalue weighted by atomic mass is 14.7. The van der Waals surface area contributed by atoms with Gasteiger partial charge in [0.05, 0.1) is 0 Å². The number of nitrogens with two attached hydrogens (primary N) is 2. The molecule has 2 nitrogen and oxygen atoms in total. The van der Waals surface area contributed by atoms with Gasteiger partial charge in [-0.2, -0.15) is 0 Å². The lowest BCUT2D eigenvalue weighted by atomic mass is 10.1. The molecule has 1 aliphatic rings. The molecule has 1 rings (SSSR count). The zero-order valence-corrected chi connectivity index (χ0v) is 5.14. The predicted molar refractivity (Wildman–Crippen MR) is 34.4 cm³/mol. The third-order valence-corrected chi connectivity index (χ3v) is 2.02. The molecule has 0 unspecified atom stereocenters. The maximum absolute atomic E-state index is 5.71. The number of rotatable bonds is 1. The topological polar surface area (TPSA) is 52.0 Å². The van der Waals surface area contributed by atoms with E-state index < -0.39 is 0 Å². The Bertz CT molecular complexity index is 72.9. The monoisotopic (exact) mass is 114 g/mol. The predicted octanol–water partition coefficient (Wildman–Crippen LogP) is 0.0725. The van der Waals surface area contributed by atoms with Crippen LogP contribution < -0.4 is 11.5 Å². The van der Waals surface area contributed by atoms with E-state index in [0.29, 0.717) is 12.0 Å². The summed E-state index contributed by atoms with van der Waals surface area (Å²) in [4.78, 5) is 0. The van der Waals surface area contributed by atoms with E-state index in [9.17, 15) is 0 Å². The van der Waals surface area contributed by atoms with Gasteiger partial charge in [-0.15, -0.1) is 0 Å². The standard InChI is InChI=1S/C6H14N2/c7-4-5-2-1-3-6(5)8/h5-6H,1-4,7-8H2/t5-,6-/m0/s1. The van der Waals surface area contributed by atoms with Crippen LogP contribution in [0.4, 0.5) is 0 Å². The molecule has 1 fully saturated rings. The van der Waals surface area contributed by atoms with Crippen LogP contribution in [0.5, 0.6) is 0 Å². The van der Waals surface area contributed by atoms with E-state index in [-0.39, 0.29) is 0 Å². The molecule has 0 aromatic rings. The quantitative estimate of drug-likeness (QED) is 0.507. The molecule has 8 heavy (non-hydrogen) atoms. The highest BCUT2D eigenvalue weighted by molar-refractivity contribution is 4.80. The summed E-state index contributed by atoms with van der Waals surface area (Å²) in [6.45, 7) is 0.779. The first kappa shape index (κ1) is 6.05. The van der Waals surface area contributed by atoms with Crippen LogP contribution in [0, 0.1) is 5.92 Å². The van der Waals surface area contributed by atoms with E-state index in [4.69, 9.17) is 11.5 Å². The highest BCUT2D eigenvalue weighted by Crippen LogP contribution is 2.22. The van der Waals surface area contributed by atoms with Crippen molar-refractivity contribution in [1.29, 1.82) is 0 Å². The summed E-state index contributed by atoms with van der Waals surface area (Å²) in [5.41, 5.74) is 11.2. The molecule has 2 atom stereocenters. The first-order valence-electron chi connectivity index (χ1n) is 3.30. The van der Waals surface area contributed by atoms with Crippen LogP contribution >= 0.6 is 0 Å². The average molecular weight is 114 g/mol. The molecule has 0 aliphatic heterocycles. The summed E-state index contributed by atoms with van der Waals surface area (Å²) in [6, 6.07) is 0.403. The fourth-order valence-corrected chi connectivity index (χ4v) is 1.36. The van der Waals surface area contributed by atoms with Gasteiger partial charge in [0.1, 0.15) is 0 Å². The Hall–Kier alpha value is -0.0800. The van der Waals surface area contributed by atoms with Gasteiger partial charge < -0.3 is 11.5 Å². The first-order chi connectivity index (χ1) is 3.84. The first-order valence-corrected chi connectivity index (χ1v) is 3.30. The summed E-state index contributed by atoms with van der Waals surface area (Å²) in [5.74, 6) is 0.620. The van der Waals surface area contributed by atoms with Crippen LogP contribution in [-0.2, 0) is 0 Å². The van der Waals surface area contributed by atoms with Crippen LogP contribution in [-0.4, -0.2) is 12.6 Å². The minimum atomic E-state index is 0.403. The minimum Gasteiger partial charge on any atom is -0.330 e. The minimum absolute atomic E-state index is 0.403. The van der Waals surface area contributed by atoms with Gasteiger partial charge in [0.2, 0.25) is 0 Å². The van der Waals surface area contributed by atoms with Gasteiger partial charge in [0, 0.05) is 6.04 Å². The van der Waals surface area contributed by atoms with Crippen LogP contribution in [0.1, 0.15) is 19.3 Å². The molecule has 0 amide bonds. The third-order valence-electron chi connectivity index (χ3n) is 2.02. The second-order valence-electron chi connectivity index (χ2n) is 2.59. The van der Waals surface area contributed by atoms with Gasteiger partial charge in [0.15, 0.2) is 0 Å². The zero-order chi connectivity index (χ0) is 5.98. The maximum Gasteiger partial charge on any atom is 0.00792 e. The molecular formula is C6H14N2. The molecular weight excluding hydrogens is 100 g/mol. The van der Waals surface area contributed by atoms with Crippen LogP contribution in [0.2, 0.25) is 0 Å². The van der Waals surface area contributed by atoms with Gasteiger partial charge in [-0.05, 0) is 25.3 Å². The summed E-state index contributed by atoms with van der Waals surface area (Å²) in [6.07, 6.45) is 3.71. The second-order valence-corrected chi connectivity index (χ2v) is 2.59. The normalized spacial score (nSPS) is 38.2. The van der Waals surface area contributed by atoms with Crippen molar-refractivity contribution in [3.63, 3.8) is 0 Å². The Balaban J connectivity index is 2.30. The number of hydrogen-bond acceptors (Lipinski definition) is 2. The van der Waals surface area contributed by atoms with Crippen molar-refractivity contribution >= 4 is 0 Å². The smallest absolute Gasteiger partial charge is 0.00792 e. The van der Waals surface area contributed by atoms with Crippen molar-refractivity contribution in [2.75, 3.05) is 6.54 Å². The van der Waals surface area contributed by atoms with Crippen molar-refractivity contribution in [3.05, 3.63) is 0 Å². The molecule has 0 heterocycles. The van der Waals surface area contributed by atoms with E-state index in [1.54, 1.807) is 0 Å².